The van der Waals surface area contributed by atoms with Gasteiger partial charge < -0.3 is 10.2 Å². The van der Waals surface area contributed by atoms with Crippen molar-refractivity contribution in [3.8, 4) is 0 Å². The van der Waals surface area contributed by atoms with Crippen LogP contribution in [-0.4, -0.2) is 69.8 Å². The second kappa shape index (κ2) is 11.1. The average Bonchev–Trinajstić information content (AvgIpc) is 2.71. The van der Waals surface area contributed by atoms with E-state index < -0.39 is 10.2 Å². The molecule has 30 heavy (non-hydrogen) atoms. The first kappa shape index (κ1) is 24.6. The summed E-state index contributed by atoms with van der Waals surface area (Å²) in [5, 5.41) is 2.91. The van der Waals surface area contributed by atoms with Gasteiger partial charge in [-0.25, -0.2) is 4.31 Å². The predicted octanol–water partition coefficient (Wildman–Crippen LogP) is 2.69. The number of benzene rings is 1. The molecule has 0 radical (unpaired) electrons. The minimum atomic E-state index is -3.79. The van der Waals surface area contributed by atoms with Gasteiger partial charge in [0.05, 0.1) is 5.69 Å². The Hall–Kier alpha value is -1.64. The van der Waals surface area contributed by atoms with E-state index in [4.69, 9.17) is 0 Å². The molecule has 1 saturated heterocycles. The van der Waals surface area contributed by atoms with Crippen LogP contribution in [0.5, 0.6) is 0 Å². The number of carbonyl (C=O) groups excluding carboxylic acids is 1. The Bertz CT molecular complexity index is 811. The fraction of sp³-hybridized carbons (Fsp3) is 0.682. The van der Waals surface area contributed by atoms with Crippen LogP contribution in [0.4, 0.5) is 5.69 Å². The first-order valence-electron chi connectivity index (χ1n) is 10.9. The summed E-state index contributed by atoms with van der Waals surface area (Å²) in [5.41, 5.74) is 2.30. The second-order valence-electron chi connectivity index (χ2n) is 8.38. The maximum atomic E-state index is 12.9. The molecule has 1 aromatic rings. The molecule has 2 rings (SSSR count). The Morgan fingerprint density at radius 3 is 2.63 bits per heavy atom. The fourth-order valence-corrected chi connectivity index (χ4v) is 5.11. The molecule has 170 valence electrons. The van der Waals surface area contributed by atoms with Crippen molar-refractivity contribution in [1.82, 2.24) is 14.5 Å². The van der Waals surface area contributed by atoms with E-state index in [0.29, 0.717) is 18.3 Å². The Balaban J connectivity index is 1.98. The van der Waals surface area contributed by atoms with Crippen LogP contribution in [0, 0.1) is 13.8 Å². The summed E-state index contributed by atoms with van der Waals surface area (Å²) in [4.78, 5) is 15.1. The van der Waals surface area contributed by atoms with Gasteiger partial charge in [-0.1, -0.05) is 25.5 Å². The van der Waals surface area contributed by atoms with Crippen LogP contribution in [0.3, 0.4) is 0 Å². The van der Waals surface area contributed by atoms with E-state index in [9.17, 15) is 13.2 Å². The van der Waals surface area contributed by atoms with Gasteiger partial charge in [-0.3, -0.25) is 4.79 Å². The summed E-state index contributed by atoms with van der Waals surface area (Å²) in [6, 6.07) is 6.28. The van der Waals surface area contributed by atoms with Crippen LogP contribution in [0.2, 0.25) is 0 Å². The van der Waals surface area contributed by atoms with Crippen molar-refractivity contribution in [2.24, 2.45) is 0 Å². The Labute approximate surface area is 182 Å². The normalized spacial score (nSPS) is 17.9. The zero-order valence-electron chi connectivity index (χ0n) is 19.1. The lowest BCUT2D eigenvalue weighted by Gasteiger charge is -2.35. The molecule has 1 atom stereocenters. The number of likely N-dealkylation sites (tertiary alicyclic amines) is 1. The van der Waals surface area contributed by atoms with E-state index in [-0.39, 0.29) is 12.5 Å². The van der Waals surface area contributed by atoms with E-state index in [2.05, 4.69) is 17.1 Å². The van der Waals surface area contributed by atoms with Gasteiger partial charge in [-0.05, 0) is 63.3 Å². The molecule has 0 aliphatic carbocycles. The number of hydrogen-bond acceptors (Lipinski definition) is 4. The largest absolute Gasteiger partial charge is 0.354 e. The Morgan fingerprint density at radius 2 is 1.97 bits per heavy atom. The summed E-state index contributed by atoms with van der Waals surface area (Å²) < 4.78 is 28.1. The topological polar surface area (TPSA) is 73.0 Å². The first-order chi connectivity index (χ1) is 14.2. The van der Waals surface area contributed by atoms with Gasteiger partial charge in [0.15, 0.2) is 0 Å². The van der Waals surface area contributed by atoms with Gasteiger partial charge in [-0.2, -0.15) is 12.7 Å². The molecule has 1 N–H and O–H groups in total. The molecule has 8 heteroatoms. The lowest BCUT2D eigenvalue weighted by molar-refractivity contribution is -0.119. The third-order valence-corrected chi connectivity index (χ3v) is 7.63. The summed E-state index contributed by atoms with van der Waals surface area (Å²) in [6.45, 7) is 8.42. The van der Waals surface area contributed by atoms with Crippen LogP contribution >= 0.6 is 0 Å². The lowest BCUT2D eigenvalue weighted by Crippen LogP contribution is -2.46. The zero-order valence-corrected chi connectivity index (χ0v) is 20.0. The highest BCUT2D eigenvalue weighted by Gasteiger charge is 2.28. The number of carbonyl (C=O) groups is 1. The summed E-state index contributed by atoms with van der Waals surface area (Å²) in [6.07, 6.45) is 5.85. The molecule has 0 saturated carbocycles. The van der Waals surface area contributed by atoms with Crippen molar-refractivity contribution in [2.45, 2.75) is 58.9 Å². The third-order valence-electron chi connectivity index (χ3n) is 5.83. The number of piperidine rings is 1. The number of aryl methyl sites for hydroxylation is 2. The quantitative estimate of drug-likeness (QED) is 0.570. The molecule has 1 fully saturated rings. The summed E-state index contributed by atoms with van der Waals surface area (Å²) in [5.74, 6) is -0.285. The second-order valence-corrected chi connectivity index (χ2v) is 10.5. The van der Waals surface area contributed by atoms with Gasteiger partial charge in [0, 0.05) is 33.2 Å². The van der Waals surface area contributed by atoms with Gasteiger partial charge in [0.1, 0.15) is 6.54 Å². The van der Waals surface area contributed by atoms with Crippen LogP contribution < -0.4 is 9.62 Å². The van der Waals surface area contributed by atoms with Crippen molar-refractivity contribution >= 4 is 21.8 Å². The lowest BCUT2D eigenvalue weighted by atomic mass is 10.00. The maximum absolute atomic E-state index is 12.9. The maximum Gasteiger partial charge on any atom is 0.304 e. The van der Waals surface area contributed by atoms with Crippen LogP contribution in [0.1, 0.15) is 50.2 Å². The summed E-state index contributed by atoms with van der Waals surface area (Å²) in [7, 11) is -0.827. The molecule has 1 aliphatic rings. The third kappa shape index (κ3) is 6.43. The molecule has 7 nitrogen and oxygen atoms in total. The first-order valence-corrected chi connectivity index (χ1v) is 12.3. The molecule has 1 aromatic carbocycles. The minimum absolute atomic E-state index is 0.230. The Kier molecular flexibility index (Phi) is 9.12. The number of anilines is 1. The highest BCUT2D eigenvalue weighted by atomic mass is 32.2. The van der Waals surface area contributed by atoms with Gasteiger partial charge >= 0.3 is 10.2 Å². The van der Waals surface area contributed by atoms with Crippen molar-refractivity contribution in [2.75, 3.05) is 44.6 Å². The highest BCUT2D eigenvalue weighted by Crippen LogP contribution is 2.25. The van der Waals surface area contributed by atoms with Gasteiger partial charge in [0.25, 0.3) is 0 Å². The molecule has 1 amide bonds. The number of hydrogen-bond donors (Lipinski definition) is 1. The average molecular weight is 439 g/mol. The Morgan fingerprint density at radius 1 is 1.23 bits per heavy atom. The zero-order chi connectivity index (χ0) is 22.3. The standard InChI is InChI=1S/C22H38N4O3S/c1-6-20-10-7-8-14-25(20)15-9-13-23-22(27)17-26(30(28,29)24(4)5)21-16-18(2)11-12-19(21)3/h11-12,16,20H,6-10,13-15,17H2,1-5H3,(H,23,27)/t20-/m1/s1. The van der Waals surface area contributed by atoms with Crippen molar-refractivity contribution < 1.29 is 13.2 Å². The SMILES string of the molecule is CC[C@@H]1CCCCN1CCCNC(=O)CN(c1cc(C)ccc1C)S(=O)(=O)N(C)C. The minimum Gasteiger partial charge on any atom is -0.354 e. The van der Waals surface area contributed by atoms with E-state index in [1.807, 2.05) is 32.0 Å². The van der Waals surface area contributed by atoms with Crippen molar-refractivity contribution in [3.05, 3.63) is 29.3 Å². The van der Waals surface area contributed by atoms with E-state index in [0.717, 1.165) is 34.9 Å². The molecule has 0 unspecified atom stereocenters. The monoisotopic (exact) mass is 438 g/mol. The summed E-state index contributed by atoms with van der Waals surface area (Å²) >= 11 is 0. The predicted molar refractivity (Wildman–Crippen MR) is 123 cm³/mol. The van der Waals surface area contributed by atoms with E-state index >= 15 is 0 Å². The number of rotatable bonds is 10. The number of amides is 1. The number of nitrogens with zero attached hydrogens (tertiary/aromatic N) is 3. The molecule has 0 bridgehead atoms. The molecular formula is C22H38N4O3S. The van der Waals surface area contributed by atoms with Gasteiger partial charge in [-0.15, -0.1) is 0 Å². The smallest absolute Gasteiger partial charge is 0.304 e. The van der Waals surface area contributed by atoms with Crippen molar-refractivity contribution in [3.63, 3.8) is 0 Å². The fourth-order valence-electron chi connectivity index (χ4n) is 3.99. The highest BCUT2D eigenvalue weighted by molar-refractivity contribution is 7.90. The molecule has 1 heterocycles. The van der Waals surface area contributed by atoms with E-state index in [1.54, 1.807) is 0 Å². The number of nitrogens with one attached hydrogen (secondary N) is 1. The molecule has 0 aromatic heterocycles. The molecular weight excluding hydrogens is 400 g/mol. The van der Waals surface area contributed by atoms with Crippen molar-refractivity contribution in [1.29, 1.82) is 0 Å². The van der Waals surface area contributed by atoms with E-state index in [1.165, 1.54) is 44.1 Å². The molecule has 0 spiro atoms. The van der Waals surface area contributed by atoms with Gasteiger partial charge in [0.2, 0.25) is 5.91 Å². The van der Waals surface area contributed by atoms with Crippen LogP contribution in [0.15, 0.2) is 18.2 Å². The van der Waals surface area contributed by atoms with Crippen LogP contribution in [0.25, 0.3) is 0 Å². The molecule has 1 aliphatic heterocycles. The van der Waals surface area contributed by atoms with Crippen LogP contribution in [-0.2, 0) is 15.0 Å².